The number of hydrogen-bond donors (Lipinski definition) is 1. The molecule has 1 aliphatic rings. The second kappa shape index (κ2) is 3.68. The Bertz CT molecular complexity index is 480. The summed E-state index contributed by atoms with van der Waals surface area (Å²) in [5.74, 6) is 0.682. The lowest BCUT2D eigenvalue weighted by Gasteiger charge is -2.13. The van der Waals surface area contributed by atoms with Crippen LogP contribution in [0.2, 0.25) is 0 Å². The zero-order chi connectivity index (χ0) is 11.0. The quantitative estimate of drug-likeness (QED) is 0.781. The molecule has 0 atom stereocenters. The van der Waals surface area contributed by atoms with Gasteiger partial charge in [-0.3, -0.25) is 4.98 Å². The predicted octanol–water partition coefficient (Wildman–Crippen LogP) is 1.19. The number of fused-ring (bicyclic) bond motifs is 1. The Hall–Kier alpha value is -1.75. The summed E-state index contributed by atoms with van der Waals surface area (Å²) in [6.45, 7) is 2.66. The molecule has 0 bridgehead atoms. The maximum atomic E-state index is 12.7. The van der Waals surface area contributed by atoms with E-state index in [-0.39, 0.29) is 5.82 Å². The Morgan fingerprint density at radius 1 is 1.31 bits per heavy atom. The van der Waals surface area contributed by atoms with Crippen LogP contribution < -0.4 is 5.32 Å². The zero-order valence-electron chi connectivity index (χ0n) is 8.65. The molecule has 0 aliphatic carbocycles. The van der Waals surface area contributed by atoms with Crippen LogP contribution in [0.25, 0.3) is 11.4 Å². The maximum absolute atomic E-state index is 12.7. The lowest BCUT2D eigenvalue weighted by atomic mass is 10.3. The summed E-state index contributed by atoms with van der Waals surface area (Å²) in [6, 6.07) is 3.05. The van der Waals surface area contributed by atoms with Gasteiger partial charge < -0.3 is 9.88 Å². The Morgan fingerprint density at radius 3 is 3.00 bits per heavy atom. The summed E-state index contributed by atoms with van der Waals surface area (Å²) in [4.78, 5) is 8.49. The van der Waals surface area contributed by atoms with Crippen LogP contribution >= 0.6 is 0 Å². The first-order chi connectivity index (χ1) is 7.83. The molecule has 2 aromatic heterocycles. The highest BCUT2D eigenvalue weighted by molar-refractivity contribution is 5.53. The second-order valence-corrected chi connectivity index (χ2v) is 3.77. The van der Waals surface area contributed by atoms with Gasteiger partial charge in [0.25, 0.3) is 0 Å². The highest BCUT2D eigenvalue weighted by Crippen LogP contribution is 2.17. The van der Waals surface area contributed by atoms with Crippen LogP contribution in [-0.4, -0.2) is 21.1 Å². The van der Waals surface area contributed by atoms with Gasteiger partial charge in [-0.15, -0.1) is 0 Å². The summed E-state index contributed by atoms with van der Waals surface area (Å²) in [5, 5.41) is 3.25. The first-order valence-corrected chi connectivity index (χ1v) is 5.21. The molecule has 3 rings (SSSR count). The number of rotatable bonds is 1. The fourth-order valence-electron chi connectivity index (χ4n) is 1.84. The second-order valence-electron chi connectivity index (χ2n) is 3.77. The summed E-state index contributed by atoms with van der Waals surface area (Å²) in [5.41, 5.74) is 1.52. The minimum atomic E-state index is -0.325. The van der Waals surface area contributed by atoms with Crippen molar-refractivity contribution in [2.45, 2.75) is 13.1 Å². The number of nitrogens with zero attached hydrogens (tertiary/aromatic N) is 3. The fourth-order valence-corrected chi connectivity index (χ4v) is 1.84. The molecule has 0 fully saturated rings. The first-order valence-electron chi connectivity index (χ1n) is 5.21. The van der Waals surface area contributed by atoms with Gasteiger partial charge in [-0.2, -0.15) is 0 Å². The van der Waals surface area contributed by atoms with Crippen LogP contribution in [0.1, 0.15) is 5.82 Å². The fraction of sp³-hybridized carbons (Fsp3) is 0.273. The largest absolute Gasteiger partial charge is 0.332 e. The minimum Gasteiger partial charge on any atom is -0.332 e. The Balaban J connectivity index is 2.00. The number of imidazole rings is 1. The molecule has 3 heterocycles. The van der Waals surface area contributed by atoms with E-state index in [9.17, 15) is 4.39 Å². The van der Waals surface area contributed by atoms with Crippen LogP contribution in [-0.2, 0) is 13.1 Å². The van der Waals surface area contributed by atoms with E-state index in [0.29, 0.717) is 5.69 Å². The van der Waals surface area contributed by atoms with Crippen molar-refractivity contribution in [2.24, 2.45) is 0 Å². The molecule has 0 radical (unpaired) electrons. The van der Waals surface area contributed by atoms with Crippen molar-refractivity contribution in [2.75, 3.05) is 6.54 Å². The normalized spacial score (nSPS) is 14.8. The van der Waals surface area contributed by atoms with E-state index in [4.69, 9.17) is 0 Å². The Morgan fingerprint density at radius 2 is 2.25 bits per heavy atom. The molecular formula is C11H11FN4. The number of halogens is 1. The maximum Gasteiger partial charge on any atom is 0.141 e. The molecule has 5 heteroatoms. The lowest BCUT2D eigenvalue weighted by Crippen LogP contribution is -2.27. The molecule has 0 saturated heterocycles. The summed E-state index contributed by atoms with van der Waals surface area (Å²) in [6.07, 6.45) is 3.18. The Labute approximate surface area is 92.2 Å². The van der Waals surface area contributed by atoms with Gasteiger partial charge in [0.1, 0.15) is 17.3 Å². The van der Waals surface area contributed by atoms with E-state index >= 15 is 0 Å². The van der Waals surface area contributed by atoms with E-state index in [1.165, 1.54) is 12.3 Å². The number of nitrogens with one attached hydrogen (secondary N) is 1. The van der Waals surface area contributed by atoms with Crippen molar-refractivity contribution >= 4 is 0 Å². The summed E-state index contributed by atoms with van der Waals surface area (Å²) < 4.78 is 14.8. The third-order valence-corrected chi connectivity index (χ3v) is 2.66. The predicted molar refractivity (Wildman–Crippen MR) is 57.1 cm³/mol. The third kappa shape index (κ3) is 1.59. The van der Waals surface area contributed by atoms with Crippen molar-refractivity contribution in [1.29, 1.82) is 0 Å². The first kappa shape index (κ1) is 9.47. The molecule has 4 nitrogen and oxygen atoms in total. The molecule has 0 aromatic carbocycles. The highest BCUT2D eigenvalue weighted by atomic mass is 19.1. The van der Waals surface area contributed by atoms with E-state index in [1.54, 1.807) is 6.07 Å². The van der Waals surface area contributed by atoms with Crippen LogP contribution in [0, 0.1) is 5.82 Å². The van der Waals surface area contributed by atoms with Crippen molar-refractivity contribution in [3.05, 3.63) is 36.2 Å². The van der Waals surface area contributed by atoms with Crippen molar-refractivity contribution in [3.8, 4) is 11.4 Å². The SMILES string of the molecule is Fc1ccc(-c2cn3c(n2)CNCC3)nc1. The lowest BCUT2D eigenvalue weighted by molar-refractivity contribution is 0.505. The van der Waals surface area contributed by atoms with Crippen molar-refractivity contribution < 1.29 is 4.39 Å². The van der Waals surface area contributed by atoms with Gasteiger partial charge in [0, 0.05) is 19.3 Å². The average molecular weight is 218 g/mol. The van der Waals surface area contributed by atoms with Gasteiger partial charge in [0.15, 0.2) is 0 Å². The van der Waals surface area contributed by atoms with Gasteiger partial charge in [-0.1, -0.05) is 0 Å². The van der Waals surface area contributed by atoms with Crippen LogP contribution in [0.3, 0.4) is 0 Å². The molecule has 0 unspecified atom stereocenters. The standard InChI is InChI=1S/C11H11FN4/c12-8-1-2-9(14-5-8)10-7-16-4-3-13-6-11(16)15-10/h1-2,5,7,13H,3-4,6H2. The van der Waals surface area contributed by atoms with Gasteiger partial charge in [-0.05, 0) is 12.1 Å². The van der Waals surface area contributed by atoms with E-state index in [2.05, 4.69) is 19.9 Å². The number of pyridine rings is 1. The molecule has 0 spiro atoms. The molecule has 82 valence electrons. The molecule has 1 aliphatic heterocycles. The van der Waals surface area contributed by atoms with E-state index in [0.717, 1.165) is 31.2 Å². The van der Waals surface area contributed by atoms with Crippen LogP contribution in [0.4, 0.5) is 4.39 Å². The van der Waals surface area contributed by atoms with E-state index in [1.807, 2.05) is 6.20 Å². The highest BCUT2D eigenvalue weighted by Gasteiger charge is 2.13. The van der Waals surface area contributed by atoms with E-state index < -0.39 is 0 Å². The molecule has 0 saturated carbocycles. The molecule has 1 N–H and O–H groups in total. The molecule has 2 aromatic rings. The van der Waals surface area contributed by atoms with Crippen LogP contribution in [0.5, 0.6) is 0 Å². The van der Waals surface area contributed by atoms with Crippen LogP contribution in [0.15, 0.2) is 24.5 Å². The third-order valence-electron chi connectivity index (χ3n) is 2.66. The molecular weight excluding hydrogens is 207 g/mol. The minimum absolute atomic E-state index is 0.325. The molecule has 16 heavy (non-hydrogen) atoms. The Kier molecular flexibility index (Phi) is 2.18. The zero-order valence-corrected chi connectivity index (χ0v) is 8.65. The van der Waals surface area contributed by atoms with Gasteiger partial charge in [-0.25, -0.2) is 9.37 Å². The summed E-state index contributed by atoms with van der Waals surface area (Å²) in [7, 11) is 0. The van der Waals surface area contributed by atoms with Crippen molar-refractivity contribution in [1.82, 2.24) is 19.9 Å². The summed E-state index contributed by atoms with van der Waals surface area (Å²) >= 11 is 0. The average Bonchev–Trinajstić information content (AvgIpc) is 2.73. The van der Waals surface area contributed by atoms with Gasteiger partial charge >= 0.3 is 0 Å². The number of hydrogen-bond acceptors (Lipinski definition) is 3. The monoisotopic (exact) mass is 218 g/mol. The van der Waals surface area contributed by atoms with Crippen molar-refractivity contribution in [3.63, 3.8) is 0 Å². The smallest absolute Gasteiger partial charge is 0.141 e. The number of aromatic nitrogens is 3. The molecule has 0 amide bonds. The van der Waals surface area contributed by atoms with Gasteiger partial charge in [0.2, 0.25) is 0 Å². The van der Waals surface area contributed by atoms with Gasteiger partial charge in [0.05, 0.1) is 18.4 Å². The topological polar surface area (TPSA) is 42.7 Å².